The van der Waals surface area contributed by atoms with Gasteiger partial charge in [-0.25, -0.2) is 4.98 Å². The molecular weight excluding hydrogens is 360 g/mol. The fourth-order valence-corrected chi connectivity index (χ4v) is 2.91. The van der Waals surface area contributed by atoms with Gasteiger partial charge in [0.05, 0.1) is 0 Å². The maximum Gasteiger partial charge on any atom is 0.226 e. The summed E-state index contributed by atoms with van der Waals surface area (Å²) in [5.41, 5.74) is 3.03. The number of nitrogens with zero attached hydrogens (tertiary/aromatic N) is 2. The molecule has 0 amide bonds. The van der Waals surface area contributed by atoms with E-state index >= 15 is 0 Å². The van der Waals surface area contributed by atoms with Gasteiger partial charge in [0.15, 0.2) is 0 Å². The lowest BCUT2D eigenvalue weighted by molar-refractivity contribution is 0.299. The van der Waals surface area contributed by atoms with Gasteiger partial charge in [-0.3, -0.25) is 0 Å². The minimum Gasteiger partial charge on any atom is -0.487 e. The lowest BCUT2D eigenvalue weighted by Crippen LogP contribution is -2.13. The fourth-order valence-electron chi connectivity index (χ4n) is 2.78. The molecule has 2 aromatic carbocycles. The molecule has 0 aliphatic heterocycles. The average molecular weight is 385 g/mol. The highest BCUT2D eigenvalue weighted by Crippen LogP contribution is 2.24. The highest BCUT2D eigenvalue weighted by atomic mass is 35.5. The van der Waals surface area contributed by atoms with E-state index in [2.05, 4.69) is 36.1 Å². The van der Waals surface area contributed by atoms with Gasteiger partial charge >= 0.3 is 0 Å². The van der Waals surface area contributed by atoms with Gasteiger partial charge < -0.3 is 14.1 Å². The second-order valence-electron chi connectivity index (χ2n) is 6.87. The summed E-state index contributed by atoms with van der Waals surface area (Å²) in [7, 11) is 4.20. The Kier molecular flexibility index (Phi) is 6.54. The molecule has 27 heavy (non-hydrogen) atoms. The molecule has 1 heterocycles. The Balaban J connectivity index is 1.57. The van der Waals surface area contributed by atoms with Crippen LogP contribution in [0.5, 0.6) is 5.75 Å². The van der Waals surface area contributed by atoms with Gasteiger partial charge in [-0.1, -0.05) is 23.7 Å². The van der Waals surface area contributed by atoms with Crippen LogP contribution >= 0.6 is 11.6 Å². The van der Waals surface area contributed by atoms with E-state index in [1.165, 1.54) is 5.56 Å². The van der Waals surface area contributed by atoms with Gasteiger partial charge in [0.2, 0.25) is 5.89 Å². The van der Waals surface area contributed by atoms with E-state index in [9.17, 15) is 0 Å². The van der Waals surface area contributed by atoms with Crippen LogP contribution in [0.1, 0.15) is 23.4 Å². The van der Waals surface area contributed by atoms with Gasteiger partial charge in [-0.2, -0.15) is 0 Å². The van der Waals surface area contributed by atoms with Crippen LogP contribution in [0.25, 0.3) is 11.5 Å². The lowest BCUT2D eigenvalue weighted by Gasteiger charge is -2.09. The molecule has 142 valence electrons. The maximum atomic E-state index is 5.93. The van der Waals surface area contributed by atoms with Crippen LogP contribution in [-0.2, 0) is 13.0 Å². The molecular formula is C22H25ClN2O2. The molecule has 5 heteroatoms. The summed E-state index contributed by atoms with van der Waals surface area (Å²) in [6.07, 6.45) is 2.23. The zero-order valence-corrected chi connectivity index (χ0v) is 16.8. The first kappa shape index (κ1) is 19.5. The quantitative estimate of drug-likeness (QED) is 0.522. The van der Waals surface area contributed by atoms with Crippen LogP contribution in [-0.4, -0.2) is 30.5 Å². The first-order valence-electron chi connectivity index (χ1n) is 9.10. The molecule has 0 N–H and O–H groups in total. The third kappa shape index (κ3) is 5.59. The first-order chi connectivity index (χ1) is 13.0. The Bertz CT molecular complexity index is 855. The smallest absolute Gasteiger partial charge is 0.226 e. The van der Waals surface area contributed by atoms with Crippen molar-refractivity contribution >= 4 is 11.6 Å². The van der Waals surface area contributed by atoms with Crippen molar-refractivity contribution in [2.45, 2.75) is 26.4 Å². The number of benzene rings is 2. The molecule has 0 unspecified atom stereocenters. The Morgan fingerprint density at radius 2 is 1.74 bits per heavy atom. The zero-order chi connectivity index (χ0) is 19.2. The zero-order valence-electron chi connectivity index (χ0n) is 16.0. The first-order valence-corrected chi connectivity index (χ1v) is 9.48. The minimum absolute atomic E-state index is 0.378. The summed E-state index contributed by atoms with van der Waals surface area (Å²) in [6.45, 7) is 3.38. The van der Waals surface area contributed by atoms with Crippen molar-refractivity contribution in [1.82, 2.24) is 9.88 Å². The second kappa shape index (κ2) is 9.07. The topological polar surface area (TPSA) is 38.5 Å². The Hall–Kier alpha value is -2.30. The number of hydrogen-bond acceptors (Lipinski definition) is 4. The molecule has 4 nitrogen and oxygen atoms in total. The summed E-state index contributed by atoms with van der Waals surface area (Å²) >= 11 is 5.93. The van der Waals surface area contributed by atoms with Gasteiger partial charge in [0.25, 0.3) is 0 Å². The third-order valence-electron chi connectivity index (χ3n) is 4.35. The summed E-state index contributed by atoms with van der Waals surface area (Å²) in [5, 5.41) is 0.691. The number of halogens is 1. The highest BCUT2D eigenvalue weighted by Gasteiger charge is 2.12. The number of ether oxygens (including phenoxy) is 1. The summed E-state index contributed by atoms with van der Waals surface area (Å²) in [4.78, 5) is 6.76. The molecule has 1 aromatic heterocycles. The average Bonchev–Trinajstić information content (AvgIpc) is 3.02. The molecule has 0 aliphatic carbocycles. The Labute approximate surface area is 165 Å². The minimum atomic E-state index is 0.378. The maximum absolute atomic E-state index is 5.93. The number of aromatic nitrogens is 1. The largest absolute Gasteiger partial charge is 0.487 e. The predicted molar refractivity (Wildman–Crippen MR) is 109 cm³/mol. The van der Waals surface area contributed by atoms with Crippen molar-refractivity contribution in [1.29, 1.82) is 0 Å². The van der Waals surface area contributed by atoms with Gasteiger partial charge in [-0.05, 0) is 82.4 Å². The lowest BCUT2D eigenvalue weighted by atomic mass is 10.1. The number of hydrogen-bond donors (Lipinski definition) is 0. The standard InChI is InChI=1S/C22H25ClN2O2/c1-16-21(24-22(27-16)18-8-10-19(23)11-9-18)15-26-20-12-6-17(7-13-20)5-4-14-25(2)3/h6-13H,4-5,14-15H2,1-3H3. The molecule has 0 spiro atoms. The number of rotatable bonds is 8. The van der Waals surface area contributed by atoms with E-state index in [4.69, 9.17) is 20.8 Å². The van der Waals surface area contributed by atoms with E-state index in [0.29, 0.717) is 17.5 Å². The van der Waals surface area contributed by atoms with E-state index in [-0.39, 0.29) is 0 Å². The molecule has 0 saturated carbocycles. The van der Waals surface area contributed by atoms with Crippen LogP contribution in [0.4, 0.5) is 0 Å². The van der Waals surface area contributed by atoms with E-state index in [0.717, 1.165) is 42.2 Å². The Morgan fingerprint density at radius 3 is 2.41 bits per heavy atom. The van der Waals surface area contributed by atoms with Gasteiger partial charge in [0.1, 0.15) is 23.8 Å². The van der Waals surface area contributed by atoms with Crippen LogP contribution in [0.2, 0.25) is 5.02 Å². The molecule has 0 radical (unpaired) electrons. The van der Waals surface area contributed by atoms with Gasteiger partial charge in [-0.15, -0.1) is 0 Å². The van der Waals surface area contributed by atoms with Crippen molar-refractivity contribution in [3.8, 4) is 17.2 Å². The third-order valence-corrected chi connectivity index (χ3v) is 4.61. The summed E-state index contributed by atoms with van der Waals surface area (Å²) in [5.74, 6) is 2.18. The number of oxazole rings is 1. The number of aryl methyl sites for hydroxylation is 2. The fraction of sp³-hybridized carbons (Fsp3) is 0.318. The van der Waals surface area contributed by atoms with Crippen molar-refractivity contribution in [2.24, 2.45) is 0 Å². The Morgan fingerprint density at radius 1 is 1.04 bits per heavy atom. The summed E-state index contributed by atoms with van der Waals surface area (Å²) < 4.78 is 11.7. The molecule has 0 atom stereocenters. The van der Waals surface area contributed by atoms with Crippen molar-refractivity contribution < 1.29 is 9.15 Å². The summed E-state index contributed by atoms with van der Waals surface area (Å²) in [6, 6.07) is 15.7. The van der Waals surface area contributed by atoms with E-state index in [1.807, 2.05) is 43.3 Å². The van der Waals surface area contributed by atoms with Crippen LogP contribution in [0.3, 0.4) is 0 Å². The van der Waals surface area contributed by atoms with Crippen molar-refractivity contribution in [3.63, 3.8) is 0 Å². The van der Waals surface area contributed by atoms with Crippen molar-refractivity contribution in [2.75, 3.05) is 20.6 Å². The monoisotopic (exact) mass is 384 g/mol. The van der Waals surface area contributed by atoms with Crippen LogP contribution in [0, 0.1) is 6.92 Å². The SMILES string of the molecule is Cc1oc(-c2ccc(Cl)cc2)nc1COc1ccc(CCCN(C)C)cc1. The van der Waals surface area contributed by atoms with E-state index < -0.39 is 0 Å². The highest BCUT2D eigenvalue weighted by molar-refractivity contribution is 6.30. The van der Waals surface area contributed by atoms with Gasteiger partial charge in [0, 0.05) is 10.6 Å². The normalized spacial score (nSPS) is 11.1. The van der Waals surface area contributed by atoms with Crippen LogP contribution in [0.15, 0.2) is 52.9 Å². The molecule has 3 rings (SSSR count). The molecule has 0 aliphatic rings. The van der Waals surface area contributed by atoms with Crippen LogP contribution < -0.4 is 4.74 Å². The molecule has 0 saturated heterocycles. The molecule has 3 aromatic rings. The van der Waals surface area contributed by atoms with E-state index in [1.54, 1.807) is 0 Å². The molecule has 0 fully saturated rings. The predicted octanol–water partition coefficient (Wildman–Crippen LogP) is 5.38. The second-order valence-corrected chi connectivity index (χ2v) is 7.30. The van der Waals surface area contributed by atoms with Crippen molar-refractivity contribution in [3.05, 3.63) is 70.6 Å². The molecule has 0 bridgehead atoms.